The van der Waals surface area contributed by atoms with Crippen molar-refractivity contribution >= 4 is 59.9 Å². The molecule has 0 fully saturated rings. The molecule has 6 rings (SSSR count). The number of hydrogen-bond acceptors (Lipinski definition) is 5. The summed E-state index contributed by atoms with van der Waals surface area (Å²) in [6.45, 7) is 18.9. The Hall–Kier alpha value is -3.31. The third-order valence-corrected chi connectivity index (χ3v) is 11.3. The Morgan fingerprint density at radius 3 is 2.15 bits per heavy atom. The molecule has 1 N–H and O–H groups in total. The average Bonchev–Trinajstić information content (AvgIpc) is 3.71. The van der Waals surface area contributed by atoms with Crippen molar-refractivity contribution < 1.29 is 34.4 Å². The molecule has 0 bridgehead atoms. The molecule has 0 amide bonds. The van der Waals surface area contributed by atoms with Crippen LogP contribution in [0.25, 0.3) is 54.1 Å². The average molecular weight is 839 g/mol. The normalized spacial score (nSPS) is 12.7. The maximum Gasteiger partial charge on any atom is 0.164 e. The molecule has 0 saturated carbocycles. The third kappa shape index (κ3) is 7.04. The van der Waals surface area contributed by atoms with E-state index >= 15 is 0 Å². The molecule has 0 aliphatic rings. The van der Waals surface area contributed by atoms with E-state index in [9.17, 15) is 9.90 Å². The molecule has 0 atom stereocenters. The van der Waals surface area contributed by atoms with Crippen LogP contribution in [-0.4, -0.2) is 15.9 Å². The summed E-state index contributed by atoms with van der Waals surface area (Å²) in [6.07, 6.45) is 6.59. The van der Waals surface area contributed by atoms with Crippen LogP contribution < -0.4 is 0 Å². The minimum atomic E-state index is -0.337. The zero-order valence-electron chi connectivity index (χ0n) is 29.7. The molecule has 3 aromatic heterocycles. The van der Waals surface area contributed by atoms with Crippen molar-refractivity contribution in [2.24, 2.45) is 10.8 Å². The zero-order chi connectivity index (χ0) is 34.1. The fourth-order valence-electron chi connectivity index (χ4n) is 6.12. The van der Waals surface area contributed by atoms with Gasteiger partial charge in [-0.2, -0.15) is 0 Å². The fourth-order valence-corrected chi connectivity index (χ4v) is 6.92. The predicted octanol–water partition coefficient (Wildman–Crippen LogP) is 12.8. The molecule has 0 spiro atoms. The van der Waals surface area contributed by atoms with E-state index in [1.54, 1.807) is 11.3 Å². The number of fused-ring (bicyclic) bond motifs is 6. The summed E-state index contributed by atoms with van der Waals surface area (Å²) in [6, 6.07) is 22.7. The van der Waals surface area contributed by atoms with Crippen LogP contribution in [0, 0.1) is 16.9 Å². The quantitative estimate of drug-likeness (QED) is 0.0942. The van der Waals surface area contributed by atoms with Crippen molar-refractivity contribution in [3.8, 4) is 11.3 Å². The van der Waals surface area contributed by atoms with Gasteiger partial charge in [-0.1, -0.05) is 91.5 Å². The molecular formula is C42H48IrNO3S-. The maximum absolute atomic E-state index is 12.2. The SMILES string of the molecule is CC(C)(C)c1cc(-c2nccc3oc4ccc5sccc5c4c23)[c-]c2ccccc12.CCC(C)(CC)C(=O)/C=C(\O)C(C)(CC)CC.[Ir]. The van der Waals surface area contributed by atoms with Gasteiger partial charge in [0.05, 0.1) is 0 Å². The van der Waals surface area contributed by atoms with Crippen LogP contribution in [0.4, 0.5) is 0 Å². The molecule has 6 aromatic rings. The monoisotopic (exact) mass is 839 g/mol. The molecule has 6 heteroatoms. The second-order valence-electron chi connectivity index (χ2n) is 14.2. The minimum absolute atomic E-state index is 0. The van der Waals surface area contributed by atoms with E-state index in [-0.39, 0.29) is 47.9 Å². The Labute approximate surface area is 303 Å². The maximum atomic E-state index is 12.2. The van der Waals surface area contributed by atoms with Crippen LogP contribution in [0.3, 0.4) is 0 Å². The van der Waals surface area contributed by atoms with E-state index in [1.807, 2.05) is 53.8 Å². The molecule has 3 heterocycles. The number of rotatable bonds is 8. The molecule has 0 unspecified atom stereocenters. The molecule has 4 nitrogen and oxygen atoms in total. The van der Waals surface area contributed by atoms with Crippen molar-refractivity contribution in [1.82, 2.24) is 4.98 Å². The van der Waals surface area contributed by atoms with Crippen molar-refractivity contribution in [3.05, 3.63) is 89.6 Å². The first-order valence-electron chi connectivity index (χ1n) is 16.9. The number of carbonyl (C=O) groups excluding carboxylic acids is 1. The van der Waals surface area contributed by atoms with Gasteiger partial charge >= 0.3 is 0 Å². The van der Waals surface area contributed by atoms with Crippen LogP contribution in [-0.2, 0) is 30.3 Å². The van der Waals surface area contributed by atoms with Gasteiger partial charge in [0.2, 0.25) is 0 Å². The summed E-state index contributed by atoms with van der Waals surface area (Å²) >= 11 is 1.75. The number of furan rings is 1. The summed E-state index contributed by atoms with van der Waals surface area (Å²) in [7, 11) is 0. The Kier molecular flexibility index (Phi) is 11.5. The smallest absolute Gasteiger partial charge is 0.164 e. The summed E-state index contributed by atoms with van der Waals surface area (Å²) < 4.78 is 7.49. The Balaban J connectivity index is 0.000000251. The Morgan fingerprint density at radius 2 is 1.50 bits per heavy atom. The van der Waals surface area contributed by atoms with Gasteiger partial charge < -0.3 is 9.52 Å². The minimum Gasteiger partial charge on any atom is -0.512 e. The van der Waals surface area contributed by atoms with Crippen molar-refractivity contribution in [3.63, 3.8) is 0 Å². The van der Waals surface area contributed by atoms with E-state index in [4.69, 9.17) is 9.40 Å². The second-order valence-corrected chi connectivity index (χ2v) is 15.2. The van der Waals surface area contributed by atoms with Crippen LogP contribution in [0.5, 0.6) is 0 Å². The first kappa shape index (κ1) is 37.5. The van der Waals surface area contributed by atoms with Crippen molar-refractivity contribution in [1.29, 1.82) is 0 Å². The number of carbonyl (C=O) groups is 1. The second kappa shape index (κ2) is 14.7. The van der Waals surface area contributed by atoms with Crippen molar-refractivity contribution in [2.75, 3.05) is 0 Å². The van der Waals surface area contributed by atoms with E-state index < -0.39 is 0 Å². The van der Waals surface area contributed by atoms with Crippen LogP contribution in [0.1, 0.15) is 93.6 Å². The van der Waals surface area contributed by atoms with Gasteiger partial charge in [0, 0.05) is 69.8 Å². The summed E-state index contributed by atoms with van der Waals surface area (Å²) in [4.78, 5) is 17.0. The van der Waals surface area contributed by atoms with E-state index in [1.165, 1.54) is 27.1 Å². The molecule has 0 aliphatic carbocycles. The number of benzene rings is 3. The summed E-state index contributed by atoms with van der Waals surface area (Å²) in [5.74, 6) is 0.286. The first-order valence-corrected chi connectivity index (χ1v) is 17.8. The number of allylic oxidation sites excluding steroid dienone is 2. The van der Waals surface area contributed by atoms with E-state index in [0.717, 1.165) is 64.3 Å². The van der Waals surface area contributed by atoms with Crippen LogP contribution >= 0.6 is 11.3 Å². The molecule has 0 saturated heterocycles. The predicted molar refractivity (Wildman–Crippen MR) is 200 cm³/mol. The van der Waals surface area contributed by atoms with Gasteiger partial charge in [-0.05, 0) is 60.7 Å². The summed E-state index contributed by atoms with van der Waals surface area (Å²) in [5.41, 5.74) is 4.43. The van der Waals surface area contributed by atoms with Gasteiger partial charge in [0.25, 0.3) is 0 Å². The van der Waals surface area contributed by atoms with Gasteiger partial charge in [0.1, 0.15) is 16.9 Å². The number of nitrogens with zero attached hydrogens (tertiary/aromatic N) is 1. The fraction of sp³-hybridized carbons (Fsp3) is 0.381. The topological polar surface area (TPSA) is 63.3 Å². The van der Waals surface area contributed by atoms with Gasteiger partial charge in [0.15, 0.2) is 5.78 Å². The van der Waals surface area contributed by atoms with E-state index in [2.05, 4.69) is 80.7 Å². The summed E-state index contributed by atoms with van der Waals surface area (Å²) in [5, 5.41) is 18.1. The number of pyridine rings is 1. The third-order valence-electron chi connectivity index (χ3n) is 10.4. The van der Waals surface area contributed by atoms with Gasteiger partial charge in [-0.3, -0.25) is 9.78 Å². The molecule has 0 aliphatic heterocycles. The standard InChI is InChI=1S/C27H20NOS.C15H28O2.Ir/c1-27(2,3)20-15-17(14-16-6-4-5-7-18(16)20)26-25-22(10-12-28-26)29-21-8-9-23-19(24(21)25)11-13-30-23;1-7-14(5,8-2)12(16)11-13(17)15(6,9-3)10-4;/h4-13,15H,1-3H3;11,16H,7-10H2,1-6H3;/q-1;;/b;12-11-;. The number of hydrogen-bond donors (Lipinski definition) is 1. The molecule has 1 radical (unpaired) electrons. The van der Waals surface area contributed by atoms with E-state index in [0.29, 0.717) is 0 Å². The molecule has 255 valence electrons. The number of thiophene rings is 1. The number of aliphatic hydroxyl groups is 1. The van der Waals surface area contributed by atoms with Gasteiger partial charge in [-0.25, -0.2) is 0 Å². The Morgan fingerprint density at radius 1 is 0.854 bits per heavy atom. The van der Waals surface area contributed by atoms with Gasteiger partial charge in [-0.15, -0.1) is 40.5 Å². The Bertz CT molecular complexity index is 2090. The number of aromatic nitrogens is 1. The number of aliphatic hydroxyl groups excluding tert-OH is 1. The largest absolute Gasteiger partial charge is 0.512 e. The number of ketones is 1. The van der Waals surface area contributed by atoms with Crippen molar-refractivity contribution in [2.45, 2.75) is 93.4 Å². The first-order chi connectivity index (χ1) is 22.3. The zero-order valence-corrected chi connectivity index (χ0v) is 32.9. The molecule has 3 aromatic carbocycles. The van der Waals surface area contributed by atoms with Crippen LogP contribution in [0.15, 0.2) is 82.4 Å². The van der Waals surface area contributed by atoms with Crippen LogP contribution in [0.2, 0.25) is 0 Å². The molecular weight excluding hydrogens is 791 g/mol. The molecule has 48 heavy (non-hydrogen) atoms.